The highest BCUT2D eigenvalue weighted by atomic mass is 35.5. The molecule has 2 aromatic rings. The van der Waals surface area contributed by atoms with Crippen molar-refractivity contribution in [3.8, 4) is 11.1 Å². The van der Waals surface area contributed by atoms with Crippen LogP contribution < -0.4 is 0 Å². The van der Waals surface area contributed by atoms with Crippen LogP contribution in [0.3, 0.4) is 0 Å². The average Bonchev–Trinajstić information content (AvgIpc) is 2.30. The van der Waals surface area contributed by atoms with Crippen LogP contribution in [0.25, 0.3) is 11.1 Å². The zero-order valence-corrected chi connectivity index (χ0v) is 12.1. The standard InChI is InChI=1S/C13H8Cl4O/c14-8-4-11(16)13(12(17)5-8)9-3-7(6-18)1-2-10(9)15/h1-5,18H,6H2. The third-order valence-corrected chi connectivity index (χ3v) is 3.63. The summed E-state index contributed by atoms with van der Waals surface area (Å²) in [6.07, 6.45) is 0. The lowest BCUT2D eigenvalue weighted by Gasteiger charge is -2.11. The van der Waals surface area contributed by atoms with Gasteiger partial charge in [0.25, 0.3) is 0 Å². The Morgan fingerprint density at radius 2 is 1.44 bits per heavy atom. The Morgan fingerprint density at radius 3 is 2.00 bits per heavy atom. The Kier molecular flexibility index (Phi) is 4.41. The quantitative estimate of drug-likeness (QED) is 0.778. The first-order valence-corrected chi connectivity index (χ1v) is 6.58. The van der Waals surface area contributed by atoms with Gasteiger partial charge in [-0.25, -0.2) is 0 Å². The largest absolute Gasteiger partial charge is 0.392 e. The van der Waals surface area contributed by atoms with E-state index in [0.717, 1.165) is 5.56 Å². The number of rotatable bonds is 2. The van der Waals surface area contributed by atoms with Gasteiger partial charge in [0.05, 0.1) is 16.7 Å². The molecule has 0 saturated heterocycles. The Hall–Kier alpha value is -0.440. The van der Waals surface area contributed by atoms with Gasteiger partial charge in [-0.2, -0.15) is 0 Å². The second-order valence-electron chi connectivity index (χ2n) is 3.72. The van der Waals surface area contributed by atoms with Crippen molar-refractivity contribution in [2.45, 2.75) is 6.61 Å². The van der Waals surface area contributed by atoms with Crippen molar-refractivity contribution in [1.29, 1.82) is 0 Å². The first-order chi connectivity index (χ1) is 8.52. The van der Waals surface area contributed by atoms with Gasteiger partial charge in [-0.3, -0.25) is 0 Å². The van der Waals surface area contributed by atoms with Crippen molar-refractivity contribution in [2.24, 2.45) is 0 Å². The Labute approximate surface area is 125 Å². The van der Waals surface area contributed by atoms with Gasteiger partial charge in [0.15, 0.2) is 0 Å². The molecule has 0 amide bonds. The molecular formula is C13H8Cl4O. The highest BCUT2D eigenvalue weighted by molar-refractivity contribution is 6.43. The molecule has 0 aliphatic rings. The summed E-state index contributed by atoms with van der Waals surface area (Å²) in [6.45, 7) is -0.0764. The van der Waals surface area contributed by atoms with Gasteiger partial charge >= 0.3 is 0 Å². The highest BCUT2D eigenvalue weighted by Gasteiger charge is 2.13. The van der Waals surface area contributed by atoms with E-state index in [2.05, 4.69) is 0 Å². The lowest BCUT2D eigenvalue weighted by atomic mass is 10.0. The summed E-state index contributed by atoms with van der Waals surface area (Å²) >= 11 is 24.3. The van der Waals surface area contributed by atoms with E-state index in [1.54, 1.807) is 30.3 Å². The summed E-state index contributed by atoms with van der Waals surface area (Å²) in [4.78, 5) is 0. The summed E-state index contributed by atoms with van der Waals surface area (Å²) in [5, 5.41) is 11.0. The van der Waals surface area contributed by atoms with Crippen LogP contribution in [0.5, 0.6) is 0 Å². The van der Waals surface area contributed by atoms with Crippen molar-refractivity contribution < 1.29 is 5.11 Å². The van der Waals surface area contributed by atoms with Crippen LogP contribution >= 0.6 is 46.4 Å². The van der Waals surface area contributed by atoms with E-state index in [1.807, 2.05) is 0 Å². The fourth-order valence-electron chi connectivity index (χ4n) is 1.66. The first kappa shape index (κ1) is 14.0. The molecule has 0 aliphatic heterocycles. The fourth-order valence-corrected chi connectivity index (χ4v) is 2.89. The molecule has 0 aromatic heterocycles. The molecule has 0 atom stereocenters. The summed E-state index contributed by atoms with van der Waals surface area (Å²) in [7, 11) is 0. The second kappa shape index (κ2) is 5.68. The maximum atomic E-state index is 9.15. The maximum Gasteiger partial charge on any atom is 0.0682 e. The minimum absolute atomic E-state index is 0.0764. The van der Waals surface area contributed by atoms with Crippen LogP contribution in [0, 0.1) is 0 Å². The van der Waals surface area contributed by atoms with E-state index in [4.69, 9.17) is 51.5 Å². The number of aliphatic hydroxyl groups is 1. The van der Waals surface area contributed by atoms with Gasteiger partial charge in [-0.05, 0) is 29.8 Å². The molecule has 2 rings (SSSR count). The average molecular weight is 322 g/mol. The second-order valence-corrected chi connectivity index (χ2v) is 5.37. The minimum atomic E-state index is -0.0764. The Bertz CT molecular complexity index is 573. The van der Waals surface area contributed by atoms with E-state index >= 15 is 0 Å². The van der Waals surface area contributed by atoms with Gasteiger partial charge in [0.2, 0.25) is 0 Å². The molecule has 0 bridgehead atoms. The van der Waals surface area contributed by atoms with Crippen molar-refractivity contribution in [3.05, 3.63) is 56.0 Å². The third-order valence-electron chi connectivity index (χ3n) is 2.49. The van der Waals surface area contributed by atoms with Gasteiger partial charge in [-0.15, -0.1) is 0 Å². The molecule has 0 radical (unpaired) electrons. The lowest BCUT2D eigenvalue weighted by molar-refractivity contribution is 0.282. The minimum Gasteiger partial charge on any atom is -0.392 e. The molecule has 2 aromatic carbocycles. The van der Waals surface area contributed by atoms with E-state index in [-0.39, 0.29) is 6.61 Å². The van der Waals surface area contributed by atoms with Crippen molar-refractivity contribution in [3.63, 3.8) is 0 Å². The monoisotopic (exact) mass is 320 g/mol. The van der Waals surface area contributed by atoms with E-state index in [1.165, 1.54) is 0 Å². The summed E-state index contributed by atoms with van der Waals surface area (Å²) in [5.41, 5.74) is 2.02. The van der Waals surface area contributed by atoms with Crippen LogP contribution in [-0.4, -0.2) is 5.11 Å². The normalized spacial score (nSPS) is 10.7. The molecule has 0 spiro atoms. The molecular weight excluding hydrogens is 314 g/mol. The first-order valence-electron chi connectivity index (χ1n) is 5.07. The Balaban J connectivity index is 2.68. The van der Waals surface area contributed by atoms with Gasteiger partial charge in [0, 0.05) is 21.2 Å². The van der Waals surface area contributed by atoms with E-state index in [0.29, 0.717) is 31.2 Å². The maximum absolute atomic E-state index is 9.15. The topological polar surface area (TPSA) is 20.2 Å². The van der Waals surface area contributed by atoms with E-state index < -0.39 is 0 Å². The highest BCUT2D eigenvalue weighted by Crippen LogP contribution is 2.40. The third kappa shape index (κ3) is 2.76. The molecule has 1 nitrogen and oxygen atoms in total. The summed E-state index contributed by atoms with van der Waals surface area (Å²) < 4.78 is 0. The molecule has 94 valence electrons. The number of benzene rings is 2. The fraction of sp³-hybridized carbons (Fsp3) is 0.0769. The van der Waals surface area contributed by atoms with Crippen LogP contribution in [-0.2, 0) is 6.61 Å². The molecule has 0 aliphatic carbocycles. The van der Waals surface area contributed by atoms with E-state index in [9.17, 15) is 0 Å². The zero-order valence-electron chi connectivity index (χ0n) is 9.05. The molecule has 5 heteroatoms. The van der Waals surface area contributed by atoms with Gasteiger partial charge < -0.3 is 5.11 Å². The van der Waals surface area contributed by atoms with Crippen LogP contribution in [0.1, 0.15) is 5.56 Å². The molecule has 18 heavy (non-hydrogen) atoms. The smallest absolute Gasteiger partial charge is 0.0682 e. The lowest BCUT2D eigenvalue weighted by Crippen LogP contribution is -1.88. The van der Waals surface area contributed by atoms with Crippen LogP contribution in [0.15, 0.2) is 30.3 Å². The number of hydrogen-bond donors (Lipinski definition) is 1. The van der Waals surface area contributed by atoms with Crippen LogP contribution in [0.2, 0.25) is 20.1 Å². The summed E-state index contributed by atoms with van der Waals surface area (Å²) in [6, 6.07) is 8.40. The predicted molar refractivity (Wildman–Crippen MR) is 77.8 cm³/mol. The van der Waals surface area contributed by atoms with Gasteiger partial charge in [0.1, 0.15) is 0 Å². The number of aliphatic hydroxyl groups excluding tert-OH is 1. The number of halogens is 4. The number of hydrogen-bond acceptors (Lipinski definition) is 1. The molecule has 0 fully saturated rings. The zero-order chi connectivity index (χ0) is 13.3. The van der Waals surface area contributed by atoms with Crippen molar-refractivity contribution in [2.75, 3.05) is 0 Å². The SMILES string of the molecule is OCc1ccc(Cl)c(-c2c(Cl)cc(Cl)cc2Cl)c1. The molecule has 1 N–H and O–H groups in total. The molecule has 0 saturated carbocycles. The predicted octanol–water partition coefficient (Wildman–Crippen LogP) is 5.46. The van der Waals surface area contributed by atoms with Gasteiger partial charge in [-0.1, -0.05) is 52.5 Å². The van der Waals surface area contributed by atoms with Crippen molar-refractivity contribution >= 4 is 46.4 Å². The van der Waals surface area contributed by atoms with Crippen molar-refractivity contribution in [1.82, 2.24) is 0 Å². The molecule has 0 heterocycles. The van der Waals surface area contributed by atoms with Crippen LogP contribution in [0.4, 0.5) is 0 Å². The molecule has 0 unspecified atom stereocenters. The summed E-state index contributed by atoms with van der Waals surface area (Å²) in [5.74, 6) is 0. The Morgan fingerprint density at radius 1 is 0.833 bits per heavy atom.